The first-order chi connectivity index (χ1) is 9.56. The highest BCUT2D eigenvalue weighted by atomic mass is 16.1. The van der Waals surface area contributed by atoms with Gasteiger partial charge in [-0.3, -0.25) is 9.89 Å². The van der Waals surface area contributed by atoms with Gasteiger partial charge in [-0.2, -0.15) is 5.10 Å². The zero-order valence-electron chi connectivity index (χ0n) is 12.1. The molecule has 0 fully saturated rings. The molecular weight excluding hydrogens is 250 g/mol. The minimum absolute atomic E-state index is 0.112. The van der Waals surface area contributed by atoms with Crippen molar-refractivity contribution in [2.24, 2.45) is 0 Å². The van der Waals surface area contributed by atoms with E-state index in [-0.39, 0.29) is 5.91 Å². The van der Waals surface area contributed by atoms with E-state index in [9.17, 15) is 4.79 Å². The summed E-state index contributed by atoms with van der Waals surface area (Å²) < 4.78 is 0. The molecule has 0 spiro atoms. The molecule has 0 unspecified atom stereocenters. The third kappa shape index (κ3) is 2.11. The Labute approximate surface area is 118 Å². The van der Waals surface area contributed by atoms with Crippen molar-refractivity contribution in [1.29, 1.82) is 0 Å². The van der Waals surface area contributed by atoms with Gasteiger partial charge in [0.15, 0.2) is 5.69 Å². The van der Waals surface area contributed by atoms with E-state index in [0.29, 0.717) is 5.69 Å². The van der Waals surface area contributed by atoms with Crippen molar-refractivity contribution in [3.63, 3.8) is 0 Å². The lowest BCUT2D eigenvalue weighted by Gasteiger charge is -2.12. The Kier molecular flexibility index (Phi) is 3.08. The van der Waals surface area contributed by atoms with Crippen molar-refractivity contribution in [3.8, 4) is 0 Å². The molecule has 2 N–H and O–H groups in total. The van der Waals surface area contributed by atoms with Crippen LogP contribution in [0.3, 0.4) is 0 Å². The average molecular weight is 269 g/mol. The minimum atomic E-state index is -0.112. The molecule has 1 heterocycles. The van der Waals surface area contributed by atoms with Gasteiger partial charge in [-0.1, -0.05) is 17.7 Å². The van der Waals surface area contributed by atoms with Gasteiger partial charge < -0.3 is 5.32 Å². The maximum atomic E-state index is 12.4. The third-order valence-electron chi connectivity index (χ3n) is 3.94. The van der Waals surface area contributed by atoms with Crippen LogP contribution in [-0.2, 0) is 12.8 Å². The quantitative estimate of drug-likeness (QED) is 0.880. The molecule has 0 saturated heterocycles. The number of aromatic amines is 1. The number of nitrogens with one attached hydrogen (secondary N) is 2. The SMILES string of the molecule is Cc1cc(C)c(NC(=O)c2n[nH]c3c2CCC3)c(C)c1. The second kappa shape index (κ2) is 4.78. The van der Waals surface area contributed by atoms with Gasteiger partial charge in [0, 0.05) is 16.9 Å². The number of aryl methyl sites for hydroxylation is 4. The number of amides is 1. The number of aromatic nitrogens is 2. The highest BCUT2D eigenvalue weighted by Gasteiger charge is 2.23. The van der Waals surface area contributed by atoms with E-state index >= 15 is 0 Å². The Bertz CT molecular complexity index is 662. The first-order valence-electron chi connectivity index (χ1n) is 7.01. The van der Waals surface area contributed by atoms with E-state index in [0.717, 1.165) is 47.3 Å². The minimum Gasteiger partial charge on any atom is -0.320 e. The van der Waals surface area contributed by atoms with Crippen molar-refractivity contribution in [3.05, 3.63) is 45.8 Å². The fraction of sp³-hybridized carbons (Fsp3) is 0.375. The van der Waals surface area contributed by atoms with Gasteiger partial charge >= 0.3 is 0 Å². The summed E-state index contributed by atoms with van der Waals surface area (Å²) in [5.41, 5.74) is 7.04. The van der Waals surface area contributed by atoms with Crippen molar-refractivity contribution in [2.45, 2.75) is 40.0 Å². The molecule has 0 radical (unpaired) electrons. The molecule has 0 atom stereocenters. The Hall–Kier alpha value is -2.10. The standard InChI is InChI=1S/C16H19N3O/c1-9-7-10(2)14(11(3)8-9)17-16(20)15-12-5-4-6-13(12)18-19-15/h7-8H,4-6H2,1-3H3,(H,17,20)(H,18,19). The smallest absolute Gasteiger partial charge is 0.276 e. The van der Waals surface area contributed by atoms with Gasteiger partial charge in [0.1, 0.15) is 0 Å². The molecule has 1 aliphatic rings. The maximum absolute atomic E-state index is 12.4. The Morgan fingerprint density at radius 3 is 2.60 bits per heavy atom. The number of nitrogens with zero attached hydrogens (tertiary/aromatic N) is 1. The number of hydrogen-bond acceptors (Lipinski definition) is 2. The summed E-state index contributed by atoms with van der Waals surface area (Å²) in [6.07, 6.45) is 3.05. The van der Waals surface area contributed by atoms with Crippen LogP contribution in [0.5, 0.6) is 0 Å². The van der Waals surface area contributed by atoms with E-state index in [1.807, 2.05) is 13.8 Å². The normalized spacial score (nSPS) is 13.3. The predicted molar refractivity (Wildman–Crippen MR) is 79.2 cm³/mol. The summed E-state index contributed by atoms with van der Waals surface area (Å²) in [7, 11) is 0. The average Bonchev–Trinajstić information content (AvgIpc) is 2.95. The summed E-state index contributed by atoms with van der Waals surface area (Å²) in [5.74, 6) is -0.112. The lowest BCUT2D eigenvalue weighted by Crippen LogP contribution is -2.16. The van der Waals surface area contributed by atoms with Gasteiger partial charge in [-0.05, 0) is 51.2 Å². The van der Waals surface area contributed by atoms with Crippen molar-refractivity contribution >= 4 is 11.6 Å². The largest absolute Gasteiger partial charge is 0.320 e. The van der Waals surface area contributed by atoms with E-state index in [2.05, 4.69) is 34.6 Å². The molecule has 104 valence electrons. The number of anilines is 1. The molecule has 1 aliphatic carbocycles. The van der Waals surface area contributed by atoms with Gasteiger partial charge in [0.05, 0.1) is 0 Å². The van der Waals surface area contributed by atoms with Crippen molar-refractivity contribution in [2.75, 3.05) is 5.32 Å². The molecular formula is C16H19N3O. The topological polar surface area (TPSA) is 57.8 Å². The van der Waals surface area contributed by atoms with Crippen LogP contribution in [0.25, 0.3) is 0 Å². The highest BCUT2D eigenvalue weighted by molar-refractivity contribution is 6.05. The van der Waals surface area contributed by atoms with E-state index in [1.54, 1.807) is 0 Å². The number of H-pyrrole nitrogens is 1. The number of benzene rings is 1. The predicted octanol–water partition coefficient (Wildman–Crippen LogP) is 3.08. The summed E-state index contributed by atoms with van der Waals surface area (Å²) in [5, 5.41) is 10.2. The Balaban J connectivity index is 1.90. The molecule has 1 aromatic heterocycles. The first kappa shape index (κ1) is 12.9. The van der Waals surface area contributed by atoms with Crippen LogP contribution in [0.4, 0.5) is 5.69 Å². The highest BCUT2D eigenvalue weighted by Crippen LogP contribution is 2.26. The molecule has 3 rings (SSSR count). The zero-order chi connectivity index (χ0) is 14.3. The second-order valence-corrected chi connectivity index (χ2v) is 5.61. The van der Waals surface area contributed by atoms with Gasteiger partial charge in [0.25, 0.3) is 5.91 Å². The third-order valence-corrected chi connectivity index (χ3v) is 3.94. The van der Waals surface area contributed by atoms with Gasteiger partial charge in [0.2, 0.25) is 0 Å². The Morgan fingerprint density at radius 2 is 1.90 bits per heavy atom. The molecule has 1 aromatic carbocycles. The molecule has 1 amide bonds. The van der Waals surface area contributed by atoms with Crippen LogP contribution in [0.15, 0.2) is 12.1 Å². The van der Waals surface area contributed by atoms with E-state index in [1.165, 1.54) is 5.56 Å². The zero-order valence-corrected chi connectivity index (χ0v) is 12.1. The second-order valence-electron chi connectivity index (χ2n) is 5.61. The van der Waals surface area contributed by atoms with Crippen LogP contribution >= 0.6 is 0 Å². The van der Waals surface area contributed by atoms with Crippen molar-refractivity contribution in [1.82, 2.24) is 10.2 Å². The number of fused-ring (bicyclic) bond motifs is 1. The lowest BCUT2D eigenvalue weighted by molar-refractivity contribution is 0.102. The fourth-order valence-corrected chi connectivity index (χ4v) is 3.06. The van der Waals surface area contributed by atoms with Crippen molar-refractivity contribution < 1.29 is 4.79 Å². The molecule has 2 aromatic rings. The van der Waals surface area contributed by atoms with Crippen LogP contribution in [-0.4, -0.2) is 16.1 Å². The molecule has 0 saturated carbocycles. The van der Waals surface area contributed by atoms with Crippen LogP contribution in [0.1, 0.15) is 44.9 Å². The summed E-state index contributed by atoms with van der Waals surface area (Å²) in [6.45, 7) is 6.10. The summed E-state index contributed by atoms with van der Waals surface area (Å²) in [6, 6.07) is 4.16. The molecule has 0 bridgehead atoms. The van der Waals surface area contributed by atoms with Gasteiger partial charge in [-0.25, -0.2) is 0 Å². The molecule has 4 heteroatoms. The summed E-state index contributed by atoms with van der Waals surface area (Å²) in [4.78, 5) is 12.4. The Morgan fingerprint density at radius 1 is 1.20 bits per heavy atom. The molecule has 0 aliphatic heterocycles. The van der Waals surface area contributed by atoms with Crippen LogP contribution in [0, 0.1) is 20.8 Å². The number of carbonyl (C=O) groups is 1. The fourth-order valence-electron chi connectivity index (χ4n) is 3.06. The van der Waals surface area contributed by atoms with E-state index in [4.69, 9.17) is 0 Å². The molecule has 4 nitrogen and oxygen atoms in total. The summed E-state index contributed by atoms with van der Waals surface area (Å²) >= 11 is 0. The molecule has 20 heavy (non-hydrogen) atoms. The number of carbonyl (C=O) groups excluding carboxylic acids is 1. The van der Waals surface area contributed by atoms with Gasteiger partial charge in [-0.15, -0.1) is 0 Å². The van der Waals surface area contributed by atoms with Crippen LogP contribution < -0.4 is 5.32 Å². The monoisotopic (exact) mass is 269 g/mol. The first-order valence-corrected chi connectivity index (χ1v) is 7.01. The van der Waals surface area contributed by atoms with Crippen LogP contribution in [0.2, 0.25) is 0 Å². The number of rotatable bonds is 2. The number of hydrogen-bond donors (Lipinski definition) is 2. The van der Waals surface area contributed by atoms with E-state index < -0.39 is 0 Å². The maximum Gasteiger partial charge on any atom is 0.276 e. The lowest BCUT2D eigenvalue weighted by atomic mass is 10.0.